The first-order valence-electron chi connectivity index (χ1n) is 24.3. The van der Waals surface area contributed by atoms with Crippen LogP contribution < -0.4 is 20.9 Å². The van der Waals surface area contributed by atoms with Crippen LogP contribution in [0.25, 0.3) is 22.7 Å². The van der Waals surface area contributed by atoms with E-state index in [0.717, 1.165) is 23.3 Å². The lowest BCUT2D eigenvalue weighted by Gasteiger charge is -2.37. The van der Waals surface area contributed by atoms with Gasteiger partial charge in [-0.1, -0.05) is 26.0 Å². The van der Waals surface area contributed by atoms with E-state index in [4.69, 9.17) is 28.7 Å². The van der Waals surface area contributed by atoms with E-state index in [1.165, 1.54) is 9.03 Å². The standard InChI is InChI=1S/C27H40N6O6.C21H30N6O4/c1-8-19-21(30-11-13-31(14-12-30)25(36)39-27(5,6)7)23(35)33-24(32(19)17-20(34)38-26(2,3)4)28-22(29-33)18-9-15-37-16-10-18;1-5-15-16(25-8-10-26(11-9-25)20(29)31-21(2,3)4)18(28)27-19(22-15)23-17(24-27)14-6-12-30-13-7-14/h9H,8,10-17H2,1-7H3;6H,5,7-13H2,1-4H3,(H,22,23,24). The van der Waals surface area contributed by atoms with E-state index in [1.54, 1.807) is 14.4 Å². The van der Waals surface area contributed by atoms with Crippen molar-refractivity contribution in [2.45, 2.75) is 125 Å². The molecule has 8 heterocycles. The molecule has 22 heteroatoms. The van der Waals surface area contributed by atoms with Crippen LogP contribution >= 0.6 is 0 Å². The van der Waals surface area contributed by atoms with Gasteiger partial charge in [0.25, 0.3) is 16.9 Å². The van der Waals surface area contributed by atoms with Crippen molar-refractivity contribution in [3.8, 4) is 0 Å². The van der Waals surface area contributed by atoms with Crippen molar-refractivity contribution in [2.75, 3.05) is 88.6 Å². The maximum atomic E-state index is 13.9. The number of aromatic nitrogens is 8. The van der Waals surface area contributed by atoms with Crippen LogP contribution in [0.1, 0.15) is 112 Å². The molecule has 2 saturated heterocycles. The number of nitrogens with one attached hydrogen (secondary N) is 1. The van der Waals surface area contributed by atoms with E-state index in [1.807, 2.05) is 98.1 Å². The summed E-state index contributed by atoms with van der Waals surface area (Å²) < 4.78 is 31.8. The summed E-state index contributed by atoms with van der Waals surface area (Å²) >= 11 is 0. The van der Waals surface area contributed by atoms with Gasteiger partial charge in [-0.05, 0) is 99.1 Å². The number of fused-ring (bicyclic) bond motifs is 2. The molecule has 4 aliphatic heterocycles. The van der Waals surface area contributed by atoms with Crippen molar-refractivity contribution in [1.82, 2.24) is 48.5 Å². The third-order valence-corrected chi connectivity index (χ3v) is 11.8. The van der Waals surface area contributed by atoms with E-state index in [2.05, 4.69) is 20.2 Å². The zero-order valence-corrected chi connectivity index (χ0v) is 42.7. The SMILES string of the molecule is CCc1c(N2CCN(C(=O)OC(C)(C)C)CC2)c(=O)n2nc(C3=CCOCC3)nc2n1CC(=O)OC(C)(C)C.CCc1nc2nc(C3=CCOCC3)[nH]n2c(=O)c1N1CCN(C(=O)OC(C)(C)C)CC1. The predicted molar refractivity (Wildman–Crippen MR) is 262 cm³/mol. The Bertz CT molecular complexity index is 2750. The number of anilines is 2. The van der Waals surface area contributed by atoms with E-state index in [9.17, 15) is 24.0 Å². The van der Waals surface area contributed by atoms with Crippen molar-refractivity contribution in [2.24, 2.45) is 0 Å². The number of hydrogen-bond donors (Lipinski definition) is 1. The molecule has 4 aromatic rings. The lowest BCUT2D eigenvalue weighted by molar-refractivity contribution is -0.155. The molecule has 0 aromatic carbocycles. The predicted octanol–water partition coefficient (Wildman–Crippen LogP) is 4.50. The van der Waals surface area contributed by atoms with E-state index in [-0.39, 0.29) is 29.8 Å². The van der Waals surface area contributed by atoms with Gasteiger partial charge in [0.2, 0.25) is 5.78 Å². The van der Waals surface area contributed by atoms with Gasteiger partial charge in [-0.15, -0.1) is 5.10 Å². The Morgan fingerprint density at radius 3 is 1.67 bits per heavy atom. The van der Waals surface area contributed by atoms with Crippen LogP contribution in [0.15, 0.2) is 21.7 Å². The maximum absolute atomic E-state index is 13.9. The second kappa shape index (κ2) is 21.0. The first-order chi connectivity index (χ1) is 33.0. The topological polar surface area (TPSA) is 226 Å². The number of ether oxygens (including phenoxy) is 5. The van der Waals surface area contributed by atoms with Gasteiger partial charge in [-0.2, -0.15) is 19.0 Å². The van der Waals surface area contributed by atoms with Crippen LogP contribution in [-0.4, -0.2) is 162 Å². The van der Waals surface area contributed by atoms with Gasteiger partial charge in [-0.3, -0.25) is 19.5 Å². The Labute approximate surface area is 407 Å². The minimum absolute atomic E-state index is 0.116. The van der Waals surface area contributed by atoms with Crippen molar-refractivity contribution in [3.05, 3.63) is 55.9 Å². The Hall–Kier alpha value is -6.29. The van der Waals surface area contributed by atoms with Crippen LogP contribution in [0.3, 0.4) is 0 Å². The molecule has 1 N–H and O–H groups in total. The fourth-order valence-corrected chi connectivity index (χ4v) is 8.58. The fraction of sp³-hybridized carbons (Fsp3) is 0.646. The molecule has 2 fully saturated rings. The summed E-state index contributed by atoms with van der Waals surface area (Å²) in [6, 6.07) is 0. The molecular formula is C48H70N12O10. The van der Waals surface area contributed by atoms with Crippen molar-refractivity contribution < 1.29 is 38.1 Å². The highest BCUT2D eigenvalue weighted by Crippen LogP contribution is 2.26. The van der Waals surface area contributed by atoms with Gasteiger partial charge in [0.1, 0.15) is 34.7 Å². The summed E-state index contributed by atoms with van der Waals surface area (Å²) in [4.78, 5) is 86.4. The third-order valence-electron chi connectivity index (χ3n) is 11.8. The molecule has 382 valence electrons. The number of aromatic amines is 1. The summed E-state index contributed by atoms with van der Waals surface area (Å²) in [5.41, 5.74) is 2.09. The van der Waals surface area contributed by atoms with Crippen LogP contribution in [0.4, 0.5) is 21.0 Å². The molecule has 8 rings (SSSR count). The van der Waals surface area contributed by atoms with Crippen molar-refractivity contribution in [1.29, 1.82) is 0 Å². The molecule has 70 heavy (non-hydrogen) atoms. The number of aryl methyl sites for hydroxylation is 1. The van der Waals surface area contributed by atoms with Gasteiger partial charge in [-0.25, -0.2) is 14.6 Å². The highest BCUT2D eigenvalue weighted by atomic mass is 16.6. The molecule has 0 aliphatic carbocycles. The third kappa shape index (κ3) is 12.2. The Morgan fingerprint density at radius 2 is 1.19 bits per heavy atom. The molecule has 0 saturated carbocycles. The molecule has 0 bridgehead atoms. The van der Waals surface area contributed by atoms with Crippen molar-refractivity contribution in [3.63, 3.8) is 0 Å². The normalized spacial score (nSPS) is 17.2. The highest BCUT2D eigenvalue weighted by Gasteiger charge is 2.33. The monoisotopic (exact) mass is 975 g/mol. The lowest BCUT2D eigenvalue weighted by Crippen LogP contribution is -2.51. The molecule has 22 nitrogen and oxygen atoms in total. The van der Waals surface area contributed by atoms with Crippen LogP contribution in [0.5, 0.6) is 0 Å². The fourth-order valence-electron chi connectivity index (χ4n) is 8.58. The number of rotatable bonds is 8. The molecule has 0 radical (unpaired) electrons. The van der Waals surface area contributed by atoms with E-state index < -0.39 is 22.8 Å². The molecule has 4 aliphatic rings. The molecule has 2 amide bonds. The van der Waals surface area contributed by atoms with E-state index in [0.29, 0.717) is 138 Å². The van der Waals surface area contributed by atoms with Gasteiger partial charge < -0.3 is 47.9 Å². The molecule has 0 spiro atoms. The minimum Gasteiger partial charge on any atom is -0.459 e. The van der Waals surface area contributed by atoms with Crippen LogP contribution in [-0.2, 0) is 47.9 Å². The number of esters is 1. The molecular weight excluding hydrogens is 905 g/mol. The Kier molecular flexibility index (Phi) is 15.4. The average Bonchev–Trinajstić information content (AvgIpc) is 3.96. The second-order valence-electron chi connectivity index (χ2n) is 20.6. The minimum atomic E-state index is -0.661. The Morgan fingerprint density at radius 1 is 0.657 bits per heavy atom. The van der Waals surface area contributed by atoms with Crippen molar-refractivity contribution >= 4 is 52.2 Å². The molecule has 0 atom stereocenters. The van der Waals surface area contributed by atoms with E-state index >= 15 is 0 Å². The second-order valence-corrected chi connectivity index (χ2v) is 20.6. The molecule has 4 aromatic heterocycles. The molecule has 0 unspecified atom stereocenters. The highest BCUT2D eigenvalue weighted by molar-refractivity contribution is 5.72. The van der Waals surface area contributed by atoms with Gasteiger partial charge in [0.05, 0.1) is 37.8 Å². The zero-order valence-electron chi connectivity index (χ0n) is 42.7. The number of hydrogen-bond acceptors (Lipinski definition) is 16. The quantitative estimate of drug-likeness (QED) is 0.190. The first-order valence-corrected chi connectivity index (χ1v) is 24.3. The number of nitrogens with zero attached hydrogens (tertiary/aromatic N) is 11. The summed E-state index contributed by atoms with van der Waals surface area (Å²) in [5, 5.41) is 7.69. The smallest absolute Gasteiger partial charge is 0.410 e. The number of amides is 2. The summed E-state index contributed by atoms with van der Waals surface area (Å²) in [5.74, 6) is 1.34. The van der Waals surface area contributed by atoms with Crippen LogP contribution in [0.2, 0.25) is 0 Å². The lowest BCUT2D eigenvalue weighted by atomic mass is 10.1. The first kappa shape index (κ1) is 51.6. The largest absolute Gasteiger partial charge is 0.459 e. The van der Waals surface area contributed by atoms with Gasteiger partial charge in [0, 0.05) is 52.4 Å². The maximum Gasteiger partial charge on any atom is 0.410 e. The van der Waals surface area contributed by atoms with Gasteiger partial charge in [0.15, 0.2) is 11.6 Å². The average molecular weight is 975 g/mol. The number of carbonyl (C=O) groups is 3. The number of carbonyl (C=O) groups excluding carboxylic acids is 3. The van der Waals surface area contributed by atoms with Crippen LogP contribution in [0, 0.1) is 0 Å². The summed E-state index contributed by atoms with van der Waals surface area (Å²) in [7, 11) is 0. The zero-order chi connectivity index (χ0) is 50.7. The Balaban J connectivity index is 0.000000212. The number of piperazine rings is 2. The number of H-pyrrole nitrogens is 1. The summed E-state index contributed by atoms with van der Waals surface area (Å²) in [6.07, 6.45) is 5.67. The van der Waals surface area contributed by atoms with Gasteiger partial charge >= 0.3 is 18.2 Å². The summed E-state index contributed by atoms with van der Waals surface area (Å²) in [6.45, 7) is 26.2.